The first-order valence-corrected chi connectivity index (χ1v) is 6.19. The summed E-state index contributed by atoms with van der Waals surface area (Å²) in [5.74, 6) is 0. The molecule has 20 heavy (non-hydrogen) atoms. The summed E-state index contributed by atoms with van der Waals surface area (Å²) in [6.07, 6.45) is -3.13. The zero-order valence-electron chi connectivity index (χ0n) is 9.88. The molecule has 0 spiro atoms. The Hall–Kier alpha value is -1.53. The summed E-state index contributed by atoms with van der Waals surface area (Å²) in [4.78, 5) is 7.51. The van der Waals surface area contributed by atoms with Gasteiger partial charge in [-0.25, -0.2) is 9.97 Å². The largest absolute Gasteiger partial charge is 0.416 e. The van der Waals surface area contributed by atoms with E-state index in [2.05, 4.69) is 15.3 Å². The zero-order valence-corrected chi connectivity index (χ0v) is 11.4. The number of hydrogen-bond acceptors (Lipinski definition) is 3. The fraction of sp³-hybridized carbons (Fsp3) is 0.167. The maximum Gasteiger partial charge on any atom is 0.416 e. The average molecular weight is 322 g/mol. The Bertz CT molecular complexity index is 580. The van der Waals surface area contributed by atoms with Crippen LogP contribution in [0.3, 0.4) is 0 Å². The highest BCUT2D eigenvalue weighted by Gasteiger charge is 2.29. The van der Waals surface area contributed by atoms with Gasteiger partial charge in [-0.2, -0.15) is 13.2 Å². The Kier molecular flexibility index (Phi) is 4.35. The maximum atomic E-state index is 12.4. The first kappa shape index (κ1) is 14.9. The van der Waals surface area contributed by atoms with Crippen LogP contribution in [0.15, 0.2) is 30.6 Å². The number of nitrogens with one attached hydrogen (secondary N) is 1. The SMILES string of the molecule is FC(F)(F)c1ccc(CNc2c(Cl)ncnc2Cl)cc1. The Balaban J connectivity index is 2.08. The summed E-state index contributed by atoms with van der Waals surface area (Å²) >= 11 is 11.7. The highest BCUT2D eigenvalue weighted by Crippen LogP contribution is 2.30. The molecule has 0 unspecified atom stereocenters. The number of anilines is 1. The van der Waals surface area contributed by atoms with Gasteiger partial charge < -0.3 is 5.32 Å². The molecule has 0 aliphatic rings. The lowest BCUT2D eigenvalue weighted by Gasteiger charge is -2.10. The van der Waals surface area contributed by atoms with Crippen LogP contribution in [0.1, 0.15) is 11.1 Å². The topological polar surface area (TPSA) is 37.8 Å². The summed E-state index contributed by atoms with van der Waals surface area (Å²) in [6.45, 7) is 0.255. The molecule has 8 heteroatoms. The van der Waals surface area contributed by atoms with Crippen LogP contribution in [-0.4, -0.2) is 9.97 Å². The molecule has 1 aromatic carbocycles. The molecule has 0 aliphatic heterocycles. The lowest BCUT2D eigenvalue weighted by atomic mass is 10.1. The van der Waals surface area contributed by atoms with Gasteiger partial charge in [0.25, 0.3) is 0 Å². The highest BCUT2D eigenvalue weighted by atomic mass is 35.5. The third kappa shape index (κ3) is 3.52. The molecule has 1 heterocycles. The van der Waals surface area contributed by atoms with Crippen molar-refractivity contribution < 1.29 is 13.2 Å². The van der Waals surface area contributed by atoms with Gasteiger partial charge in [-0.05, 0) is 17.7 Å². The second-order valence-electron chi connectivity index (χ2n) is 3.88. The third-order valence-corrected chi connectivity index (χ3v) is 3.08. The molecule has 0 saturated heterocycles. The predicted octanol–water partition coefficient (Wildman–Crippen LogP) is 4.41. The van der Waals surface area contributed by atoms with Crippen molar-refractivity contribution >= 4 is 28.9 Å². The number of halogens is 5. The van der Waals surface area contributed by atoms with Gasteiger partial charge in [-0.3, -0.25) is 0 Å². The summed E-state index contributed by atoms with van der Waals surface area (Å²) in [5, 5.41) is 3.19. The van der Waals surface area contributed by atoms with E-state index in [1.165, 1.54) is 18.5 Å². The number of alkyl halides is 3. The summed E-state index contributed by atoms with van der Waals surface area (Å²) in [6, 6.07) is 4.78. The van der Waals surface area contributed by atoms with E-state index in [-0.39, 0.29) is 16.9 Å². The van der Waals surface area contributed by atoms with E-state index in [0.29, 0.717) is 11.3 Å². The molecule has 3 nitrogen and oxygen atoms in total. The summed E-state index contributed by atoms with van der Waals surface area (Å²) in [7, 11) is 0. The molecule has 1 aromatic heterocycles. The molecule has 0 amide bonds. The highest BCUT2D eigenvalue weighted by molar-refractivity contribution is 6.37. The van der Waals surface area contributed by atoms with E-state index in [1.807, 2.05) is 0 Å². The fourth-order valence-electron chi connectivity index (χ4n) is 1.49. The van der Waals surface area contributed by atoms with Crippen LogP contribution in [0.4, 0.5) is 18.9 Å². The first-order chi connectivity index (χ1) is 9.38. The number of benzene rings is 1. The van der Waals surface area contributed by atoms with E-state index < -0.39 is 11.7 Å². The second kappa shape index (κ2) is 5.85. The molecule has 0 bridgehead atoms. The third-order valence-electron chi connectivity index (χ3n) is 2.51. The van der Waals surface area contributed by atoms with Crippen molar-refractivity contribution in [3.05, 3.63) is 52.0 Å². The van der Waals surface area contributed by atoms with Crippen molar-refractivity contribution in [2.45, 2.75) is 12.7 Å². The standard InChI is InChI=1S/C12H8Cl2F3N3/c13-10-9(11(14)20-6-19-10)18-5-7-1-3-8(4-2-7)12(15,16)17/h1-4,6,18H,5H2. The van der Waals surface area contributed by atoms with Crippen LogP contribution in [0.2, 0.25) is 10.3 Å². The van der Waals surface area contributed by atoms with Gasteiger partial charge in [0.05, 0.1) is 5.56 Å². The lowest BCUT2D eigenvalue weighted by molar-refractivity contribution is -0.137. The molecular formula is C12H8Cl2F3N3. The monoisotopic (exact) mass is 321 g/mol. The molecular weight excluding hydrogens is 314 g/mol. The van der Waals surface area contributed by atoms with Crippen molar-refractivity contribution in [1.29, 1.82) is 0 Å². The molecule has 0 fully saturated rings. The van der Waals surface area contributed by atoms with Crippen LogP contribution in [0.5, 0.6) is 0 Å². The second-order valence-corrected chi connectivity index (χ2v) is 4.59. The number of nitrogens with zero attached hydrogens (tertiary/aromatic N) is 2. The number of hydrogen-bond donors (Lipinski definition) is 1. The average Bonchev–Trinajstić information content (AvgIpc) is 2.37. The van der Waals surface area contributed by atoms with Gasteiger partial charge in [0.1, 0.15) is 12.0 Å². The minimum Gasteiger partial charge on any atom is -0.376 e. The molecule has 0 radical (unpaired) electrons. The van der Waals surface area contributed by atoms with Gasteiger partial charge in [0.15, 0.2) is 10.3 Å². The van der Waals surface area contributed by atoms with Crippen molar-refractivity contribution in [2.75, 3.05) is 5.32 Å². The van der Waals surface area contributed by atoms with Gasteiger partial charge in [0.2, 0.25) is 0 Å². The fourth-order valence-corrected chi connectivity index (χ4v) is 1.94. The number of rotatable bonds is 3. The van der Waals surface area contributed by atoms with Crippen molar-refractivity contribution in [3.8, 4) is 0 Å². The van der Waals surface area contributed by atoms with E-state index in [9.17, 15) is 13.2 Å². The van der Waals surface area contributed by atoms with E-state index in [1.54, 1.807) is 0 Å². The molecule has 0 aliphatic carbocycles. The zero-order chi connectivity index (χ0) is 14.8. The van der Waals surface area contributed by atoms with E-state index in [0.717, 1.165) is 12.1 Å². The number of aromatic nitrogens is 2. The van der Waals surface area contributed by atoms with Crippen LogP contribution in [0.25, 0.3) is 0 Å². The van der Waals surface area contributed by atoms with Crippen LogP contribution >= 0.6 is 23.2 Å². The van der Waals surface area contributed by atoms with Gasteiger partial charge in [0, 0.05) is 6.54 Å². The van der Waals surface area contributed by atoms with E-state index >= 15 is 0 Å². The molecule has 1 N–H and O–H groups in total. The van der Waals surface area contributed by atoms with Crippen molar-refractivity contribution in [2.24, 2.45) is 0 Å². The summed E-state index contributed by atoms with van der Waals surface area (Å²) in [5.41, 5.74) is 0.296. The van der Waals surface area contributed by atoms with Crippen LogP contribution in [0, 0.1) is 0 Å². The predicted molar refractivity (Wildman–Crippen MR) is 70.8 cm³/mol. The normalized spacial score (nSPS) is 11.4. The Morgan fingerprint density at radius 2 is 1.55 bits per heavy atom. The van der Waals surface area contributed by atoms with Crippen LogP contribution < -0.4 is 5.32 Å². The van der Waals surface area contributed by atoms with Crippen molar-refractivity contribution in [1.82, 2.24) is 9.97 Å². The van der Waals surface area contributed by atoms with Crippen LogP contribution in [-0.2, 0) is 12.7 Å². The van der Waals surface area contributed by atoms with Gasteiger partial charge in [-0.1, -0.05) is 35.3 Å². The van der Waals surface area contributed by atoms with Crippen molar-refractivity contribution in [3.63, 3.8) is 0 Å². The Morgan fingerprint density at radius 1 is 1.00 bits per heavy atom. The molecule has 0 saturated carbocycles. The molecule has 2 rings (SSSR count). The van der Waals surface area contributed by atoms with Gasteiger partial charge in [-0.15, -0.1) is 0 Å². The van der Waals surface area contributed by atoms with Gasteiger partial charge >= 0.3 is 6.18 Å². The summed E-state index contributed by atoms with van der Waals surface area (Å²) < 4.78 is 37.2. The lowest BCUT2D eigenvalue weighted by Crippen LogP contribution is -2.06. The molecule has 2 aromatic rings. The first-order valence-electron chi connectivity index (χ1n) is 5.44. The molecule has 106 valence electrons. The smallest absolute Gasteiger partial charge is 0.376 e. The minimum absolute atomic E-state index is 0.150. The maximum absolute atomic E-state index is 12.4. The van der Waals surface area contributed by atoms with E-state index in [4.69, 9.17) is 23.2 Å². The molecule has 0 atom stereocenters. The Labute approximate surface area is 122 Å². The Morgan fingerprint density at radius 3 is 2.05 bits per heavy atom. The quantitative estimate of drug-likeness (QED) is 0.851. The minimum atomic E-state index is -4.34.